The van der Waals surface area contributed by atoms with Gasteiger partial charge in [0.05, 0.1) is 5.69 Å². The smallest absolute Gasteiger partial charge is 0.267 e. The summed E-state index contributed by atoms with van der Waals surface area (Å²) in [4.78, 5) is 12.4. The number of aromatic nitrogens is 1. The Morgan fingerprint density at radius 1 is 1.20 bits per heavy atom. The zero-order valence-corrected chi connectivity index (χ0v) is 15.4. The lowest BCUT2D eigenvalue weighted by Crippen LogP contribution is -2.30. The number of hydrogen-bond acceptors (Lipinski definition) is 4. The first kappa shape index (κ1) is 17.5. The van der Waals surface area contributed by atoms with Crippen LogP contribution in [-0.4, -0.2) is 17.2 Å². The fraction of sp³-hybridized carbons (Fsp3) is 0.500. The molecule has 1 N–H and O–H groups in total. The molecule has 3 rings (SSSR count). The summed E-state index contributed by atoms with van der Waals surface area (Å²) in [5.74, 6) is 0.915. The number of benzene rings is 1. The second kappa shape index (κ2) is 6.90. The Bertz CT molecular complexity index is 741. The summed E-state index contributed by atoms with van der Waals surface area (Å²) in [6.07, 6.45) is 3.42. The topological polar surface area (TPSA) is 64.4 Å². The Balaban J connectivity index is 1.62. The summed E-state index contributed by atoms with van der Waals surface area (Å²) in [6.45, 7) is 8.22. The SMILES string of the molecule is C[C@@H](Oc1ccc(C(C)(C)C)cc1)C(=O)Nc1onc2c1CCCC2. The fourth-order valence-electron chi connectivity index (χ4n) is 2.99. The van der Waals surface area contributed by atoms with Crippen LogP contribution in [0.5, 0.6) is 5.75 Å². The first-order valence-corrected chi connectivity index (χ1v) is 8.90. The summed E-state index contributed by atoms with van der Waals surface area (Å²) in [7, 11) is 0. The second-order valence-electron chi connectivity index (χ2n) is 7.67. The van der Waals surface area contributed by atoms with E-state index in [2.05, 4.69) is 31.2 Å². The van der Waals surface area contributed by atoms with Crippen molar-refractivity contribution >= 4 is 11.8 Å². The molecular weight excluding hydrogens is 316 g/mol. The molecule has 0 fully saturated rings. The third kappa shape index (κ3) is 4.03. The van der Waals surface area contributed by atoms with E-state index < -0.39 is 6.10 Å². The number of ether oxygens (including phenoxy) is 1. The molecule has 1 aromatic carbocycles. The Morgan fingerprint density at radius 3 is 2.56 bits per heavy atom. The molecule has 1 atom stereocenters. The molecule has 25 heavy (non-hydrogen) atoms. The number of rotatable bonds is 4. The van der Waals surface area contributed by atoms with Crippen molar-refractivity contribution in [1.29, 1.82) is 0 Å². The first-order valence-electron chi connectivity index (χ1n) is 8.90. The molecule has 134 valence electrons. The Labute approximate surface area is 148 Å². The Morgan fingerprint density at radius 2 is 1.88 bits per heavy atom. The van der Waals surface area contributed by atoms with Crippen molar-refractivity contribution in [1.82, 2.24) is 5.16 Å². The highest BCUT2D eigenvalue weighted by Crippen LogP contribution is 2.28. The molecule has 1 aliphatic rings. The van der Waals surface area contributed by atoms with Gasteiger partial charge in [0, 0.05) is 5.56 Å². The highest BCUT2D eigenvalue weighted by molar-refractivity contribution is 5.93. The van der Waals surface area contributed by atoms with E-state index in [1.807, 2.05) is 24.3 Å². The zero-order chi connectivity index (χ0) is 18.0. The lowest BCUT2D eigenvalue weighted by atomic mass is 9.87. The van der Waals surface area contributed by atoms with Crippen LogP contribution in [0.1, 0.15) is 57.4 Å². The largest absolute Gasteiger partial charge is 0.481 e. The van der Waals surface area contributed by atoms with Crippen molar-refractivity contribution in [2.75, 3.05) is 5.32 Å². The van der Waals surface area contributed by atoms with Gasteiger partial charge >= 0.3 is 0 Å². The minimum absolute atomic E-state index is 0.0902. The van der Waals surface area contributed by atoms with Crippen molar-refractivity contribution in [3.8, 4) is 5.75 Å². The van der Waals surface area contributed by atoms with E-state index in [1.54, 1.807) is 6.92 Å². The van der Waals surface area contributed by atoms with Gasteiger partial charge in [-0.15, -0.1) is 0 Å². The molecule has 1 heterocycles. The molecule has 1 aliphatic carbocycles. The van der Waals surface area contributed by atoms with E-state index in [-0.39, 0.29) is 11.3 Å². The number of hydrogen-bond donors (Lipinski definition) is 1. The van der Waals surface area contributed by atoms with Gasteiger partial charge in [0.25, 0.3) is 5.91 Å². The maximum Gasteiger partial charge on any atom is 0.267 e. The van der Waals surface area contributed by atoms with Crippen LogP contribution in [0.2, 0.25) is 0 Å². The first-order chi connectivity index (χ1) is 11.8. The highest BCUT2D eigenvalue weighted by atomic mass is 16.5. The van der Waals surface area contributed by atoms with E-state index in [9.17, 15) is 4.79 Å². The minimum Gasteiger partial charge on any atom is -0.481 e. The molecule has 0 bridgehead atoms. The van der Waals surface area contributed by atoms with E-state index in [0.29, 0.717) is 11.6 Å². The van der Waals surface area contributed by atoms with E-state index in [0.717, 1.165) is 36.9 Å². The lowest BCUT2D eigenvalue weighted by Gasteiger charge is -2.20. The normalized spacial score (nSPS) is 15.4. The highest BCUT2D eigenvalue weighted by Gasteiger charge is 2.23. The van der Waals surface area contributed by atoms with Gasteiger partial charge in [0.1, 0.15) is 5.75 Å². The number of fused-ring (bicyclic) bond motifs is 1. The molecule has 1 amide bonds. The molecule has 0 unspecified atom stereocenters. The maximum atomic E-state index is 12.4. The molecule has 0 aliphatic heterocycles. The molecule has 1 aromatic heterocycles. The third-order valence-electron chi connectivity index (χ3n) is 4.60. The second-order valence-corrected chi connectivity index (χ2v) is 7.67. The van der Waals surface area contributed by atoms with Crippen LogP contribution in [0.15, 0.2) is 28.8 Å². The van der Waals surface area contributed by atoms with Crippen LogP contribution in [0.3, 0.4) is 0 Å². The van der Waals surface area contributed by atoms with Gasteiger partial charge in [-0.05, 0) is 55.7 Å². The standard InChI is InChI=1S/C20H26N2O3/c1-13(24-15-11-9-14(10-12-15)20(2,3)4)18(23)21-19-16-7-5-6-8-17(16)22-25-19/h9-13H,5-8H2,1-4H3,(H,21,23)/t13-/m1/s1. The zero-order valence-electron chi connectivity index (χ0n) is 15.4. The van der Waals surface area contributed by atoms with Crippen LogP contribution in [0.4, 0.5) is 5.88 Å². The van der Waals surface area contributed by atoms with Crippen molar-refractivity contribution < 1.29 is 14.1 Å². The number of nitrogens with one attached hydrogen (secondary N) is 1. The number of anilines is 1. The quantitative estimate of drug-likeness (QED) is 0.902. The van der Waals surface area contributed by atoms with Crippen LogP contribution >= 0.6 is 0 Å². The van der Waals surface area contributed by atoms with Crippen LogP contribution in [0.25, 0.3) is 0 Å². The van der Waals surface area contributed by atoms with Gasteiger partial charge in [0.2, 0.25) is 5.88 Å². The van der Waals surface area contributed by atoms with Gasteiger partial charge in [-0.2, -0.15) is 0 Å². The van der Waals surface area contributed by atoms with Crippen molar-refractivity contribution in [3.05, 3.63) is 41.1 Å². The van der Waals surface area contributed by atoms with E-state index in [1.165, 1.54) is 5.56 Å². The maximum absolute atomic E-state index is 12.4. The fourth-order valence-corrected chi connectivity index (χ4v) is 2.99. The molecule has 2 aromatic rings. The molecule has 0 saturated heterocycles. The van der Waals surface area contributed by atoms with Gasteiger partial charge in [-0.3, -0.25) is 10.1 Å². The molecule has 0 saturated carbocycles. The lowest BCUT2D eigenvalue weighted by molar-refractivity contribution is -0.122. The average Bonchev–Trinajstić information content (AvgIpc) is 2.97. The van der Waals surface area contributed by atoms with Gasteiger partial charge in [-0.1, -0.05) is 38.1 Å². The summed E-state index contributed by atoms with van der Waals surface area (Å²) in [5.41, 5.74) is 3.31. The van der Waals surface area contributed by atoms with Crippen molar-refractivity contribution in [2.45, 2.75) is 64.9 Å². The van der Waals surface area contributed by atoms with Gasteiger partial charge < -0.3 is 9.26 Å². The number of aryl methyl sites for hydroxylation is 1. The molecule has 5 nitrogen and oxygen atoms in total. The predicted octanol–water partition coefficient (Wildman–Crippen LogP) is 4.26. The molecule has 5 heteroatoms. The van der Waals surface area contributed by atoms with Crippen molar-refractivity contribution in [3.63, 3.8) is 0 Å². The number of carbonyl (C=O) groups is 1. The monoisotopic (exact) mass is 342 g/mol. The number of nitrogens with zero attached hydrogens (tertiary/aromatic N) is 1. The van der Waals surface area contributed by atoms with Crippen molar-refractivity contribution in [2.24, 2.45) is 0 Å². The summed E-state index contributed by atoms with van der Waals surface area (Å²) < 4.78 is 11.1. The van der Waals surface area contributed by atoms with Crippen LogP contribution in [0, 0.1) is 0 Å². The van der Waals surface area contributed by atoms with Crippen LogP contribution < -0.4 is 10.1 Å². The van der Waals surface area contributed by atoms with Gasteiger partial charge in [-0.25, -0.2) is 0 Å². The van der Waals surface area contributed by atoms with Gasteiger partial charge in [0.15, 0.2) is 6.10 Å². The summed E-state index contributed by atoms with van der Waals surface area (Å²) in [6, 6.07) is 7.88. The van der Waals surface area contributed by atoms with E-state index >= 15 is 0 Å². The predicted molar refractivity (Wildman–Crippen MR) is 97.0 cm³/mol. The Hall–Kier alpha value is -2.30. The van der Waals surface area contributed by atoms with E-state index in [4.69, 9.17) is 9.26 Å². The summed E-state index contributed by atoms with van der Waals surface area (Å²) in [5, 5.41) is 6.87. The molecule has 0 spiro atoms. The number of amides is 1. The molecule has 0 radical (unpaired) electrons. The number of carbonyl (C=O) groups excluding carboxylic acids is 1. The minimum atomic E-state index is -0.621. The summed E-state index contributed by atoms with van der Waals surface area (Å²) >= 11 is 0. The average molecular weight is 342 g/mol. The van der Waals surface area contributed by atoms with Crippen LogP contribution in [-0.2, 0) is 23.1 Å². The Kier molecular flexibility index (Phi) is 4.84. The third-order valence-corrected chi connectivity index (χ3v) is 4.60. The molecular formula is C20H26N2O3.